The Morgan fingerprint density at radius 1 is 1.08 bits per heavy atom. The molecule has 1 aliphatic rings. The maximum atomic E-state index is 12.8. The SMILES string of the molecule is CCOC(=O)C1=C(c2ccccc2)c2ccc(OC)cc2/C1=[N+](\O)CC. The van der Waals surface area contributed by atoms with Gasteiger partial charge in [-0.3, -0.25) is 5.21 Å². The number of nitrogens with zero attached hydrogens (tertiary/aromatic N) is 1. The molecule has 0 radical (unpaired) electrons. The van der Waals surface area contributed by atoms with Crippen molar-refractivity contribution in [3.63, 3.8) is 0 Å². The number of hydrogen-bond acceptors (Lipinski definition) is 4. The molecule has 0 spiro atoms. The molecular weight excluding hydrogens is 330 g/mol. The first-order valence-corrected chi connectivity index (χ1v) is 8.61. The summed E-state index contributed by atoms with van der Waals surface area (Å²) in [6, 6.07) is 15.2. The molecule has 0 saturated heterocycles. The van der Waals surface area contributed by atoms with E-state index in [2.05, 4.69) is 0 Å². The fraction of sp³-hybridized carbons (Fsp3) is 0.238. The highest BCUT2D eigenvalue weighted by Crippen LogP contribution is 2.39. The number of benzene rings is 2. The van der Waals surface area contributed by atoms with Crippen LogP contribution in [0.25, 0.3) is 5.57 Å². The summed E-state index contributed by atoms with van der Waals surface area (Å²) < 4.78 is 11.7. The molecule has 0 aliphatic heterocycles. The highest BCUT2D eigenvalue weighted by atomic mass is 16.5. The fourth-order valence-electron chi connectivity index (χ4n) is 3.18. The quantitative estimate of drug-likeness (QED) is 0.388. The van der Waals surface area contributed by atoms with Crippen LogP contribution in [0.5, 0.6) is 5.75 Å². The maximum absolute atomic E-state index is 12.8. The third-order valence-electron chi connectivity index (χ3n) is 4.34. The van der Waals surface area contributed by atoms with Gasteiger partial charge in [-0.2, -0.15) is 0 Å². The normalized spacial score (nSPS) is 14.9. The van der Waals surface area contributed by atoms with E-state index in [9.17, 15) is 10.0 Å². The number of ether oxygens (including phenoxy) is 2. The molecule has 0 unspecified atom stereocenters. The molecule has 0 saturated carbocycles. The lowest BCUT2D eigenvalue weighted by Gasteiger charge is -2.08. The van der Waals surface area contributed by atoms with Crippen molar-refractivity contribution in [3.05, 3.63) is 70.8 Å². The molecule has 0 heterocycles. The molecule has 1 N–H and O–H groups in total. The monoisotopic (exact) mass is 352 g/mol. The minimum Gasteiger partial charge on any atom is -0.497 e. The van der Waals surface area contributed by atoms with Crippen molar-refractivity contribution in [2.45, 2.75) is 13.8 Å². The predicted octanol–water partition coefficient (Wildman–Crippen LogP) is 3.28. The molecule has 5 nitrogen and oxygen atoms in total. The molecule has 26 heavy (non-hydrogen) atoms. The van der Waals surface area contributed by atoms with E-state index in [-0.39, 0.29) is 6.61 Å². The third kappa shape index (κ3) is 2.96. The zero-order valence-corrected chi connectivity index (χ0v) is 15.2. The van der Waals surface area contributed by atoms with E-state index in [1.54, 1.807) is 14.0 Å². The van der Waals surface area contributed by atoms with Crippen LogP contribution in [0.1, 0.15) is 30.5 Å². The molecule has 1 aliphatic carbocycles. The lowest BCUT2D eigenvalue weighted by molar-refractivity contribution is -0.771. The van der Waals surface area contributed by atoms with Crippen molar-refractivity contribution in [3.8, 4) is 5.75 Å². The van der Waals surface area contributed by atoms with Crippen LogP contribution in [0, 0.1) is 0 Å². The fourth-order valence-corrected chi connectivity index (χ4v) is 3.18. The summed E-state index contributed by atoms with van der Waals surface area (Å²) in [5.41, 5.74) is 4.06. The zero-order chi connectivity index (χ0) is 18.7. The number of rotatable bonds is 5. The largest absolute Gasteiger partial charge is 0.497 e. The van der Waals surface area contributed by atoms with Gasteiger partial charge in [-0.25, -0.2) is 4.79 Å². The maximum Gasteiger partial charge on any atom is 0.345 e. The minimum atomic E-state index is -0.455. The Hall–Kier alpha value is -3.08. The number of fused-ring (bicyclic) bond motifs is 1. The summed E-state index contributed by atoms with van der Waals surface area (Å²) in [4.78, 5) is 12.8. The Morgan fingerprint density at radius 2 is 1.81 bits per heavy atom. The molecule has 134 valence electrons. The standard InChI is InChI=1S/C21H22NO4/c1-4-22(24)20-17-13-15(25-3)11-12-16(17)18(14-9-7-6-8-10-14)19(20)21(23)26-5-2/h6-13,24H,4-5H2,1-3H3/q+1/b22-20+. The van der Waals surface area contributed by atoms with Crippen molar-refractivity contribution in [2.24, 2.45) is 0 Å². The smallest absolute Gasteiger partial charge is 0.345 e. The molecule has 3 rings (SSSR count). The van der Waals surface area contributed by atoms with Gasteiger partial charge in [0, 0.05) is 5.57 Å². The highest BCUT2D eigenvalue weighted by molar-refractivity contribution is 6.35. The Balaban J connectivity index is 2.36. The van der Waals surface area contributed by atoms with Crippen molar-refractivity contribution >= 4 is 17.3 Å². The van der Waals surface area contributed by atoms with Crippen molar-refractivity contribution in [1.29, 1.82) is 0 Å². The average molecular weight is 352 g/mol. The van der Waals surface area contributed by atoms with Crippen LogP contribution in [-0.4, -0.2) is 41.9 Å². The number of carbonyl (C=O) groups excluding carboxylic acids is 1. The van der Waals surface area contributed by atoms with Gasteiger partial charge in [0.25, 0.3) is 5.71 Å². The van der Waals surface area contributed by atoms with Crippen LogP contribution >= 0.6 is 0 Å². The van der Waals surface area contributed by atoms with E-state index < -0.39 is 5.97 Å². The summed E-state index contributed by atoms with van der Waals surface area (Å²) in [6.07, 6.45) is 0. The van der Waals surface area contributed by atoms with Crippen molar-refractivity contribution < 1.29 is 24.2 Å². The third-order valence-corrected chi connectivity index (χ3v) is 4.34. The molecule has 0 atom stereocenters. The lowest BCUT2D eigenvalue weighted by Crippen LogP contribution is -2.24. The van der Waals surface area contributed by atoms with Gasteiger partial charge in [0.1, 0.15) is 11.3 Å². The van der Waals surface area contributed by atoms with Crippen molar-refractivity contribution in [1.82, 2.24) is 0 Å². The summed E-state index contributed by atoms with van der Waals surface area (Å²) >= 11 is 0. The predicted molar refractivity (Wildman–Crippen MR) is 98.8 cm³/mol. The number of carbonyl (C=O) groups is 1. The van der Waals surface area contributed by atoms with Crippen LogP contribution in [0.2, 0.25) is 0 Å². The second-order valence-electron chi connectivity index (χ2n) is 5.81. The minimum absolute atomic E-state index is 0.259. The topological polar surface area (TPSA) is 58.8 Å². The number of esters is 1. The van der Waals surface area contributed by atoms with E-state index in [1.807, 2.05) is 55.5 Å². The lowest BCUT2D eigenvalue weighted by atomic mass is 9.97. The van der Waals surface area contributed by atoms with Gasteiger partial charge >= 0.3 is 5.97 Å². The Morgan fingerprint density at radius 3 is 2.42 bits per heavy atom. The van der Waals surface area contributed by atoms with E-state index in [0.717, 1.165) is 27.0 Å². The van der Waals surface area contributed by atoms with Gasteiger partial charge in [0.05, 0.1) is 19.3 Å². The highest BCUT2D eigenvalue weighted by Gasteiger charge is 2.41. The van der Waals surface area contributed by atoms with E-state index >= 15 is 0 Å². The molecule has 0 bridgehead atoms. The van der Waals surface area contributed by atoms with E-state index in [0.29, 0.717) is 23.6 Å². The van der Waals surface area contributed by atoms with Crippen LogP contribution in [0.4, 0.5) is 0 Å². The van der Waals surface area contributed by atoms with Crippen LogP contribution < -0.4 is 4.74 Å². The summed E-state index contributed by atoms with van der Waals surface area (Å²) in [6.45, 7) is 4.17. The molecule has 5 heteroatoms. The van der Waals surface area contributed by atoms with E-state index in [1.165, 1.54) is 0 Å². The molecule has 0 aromatic heterocycles. The molecule has 0 fully saturated rings. The molecule has 2 aromatic rings. The first-order valence-electron chi connectivity index (χ1n) is 8.61. The number of hydroxylamine groups is 1. The van der Waals surface area contributed by atoms with Crippen LogP contribution in [0.15, 0.2) is 54.1 Å². The Labute approximate surface area is 152 Å². The summed E-state index contributed by atoms with van der Waals surface area (Å²) in [5, 5.41) is 10.5. The summed E-state index contributed by atoms with van der Waals surface area (Å²) in [7, 11) is 1.59. The van der Waals surface area contributed by atoms with Gasteiger partial charge in [-0.05, 0) is 47.9 Å². The first-order chi connectivity index (χ1) is 12.6. The van der Waals surface area contributed by atoms with E-state index in [4.69, 9.17) is 9.47 Å². The van der Waals surface area contributed by atoms with Gasteiger partial charge in [0.15, 0.2) is 6.54 Å². The van der Waals surface area contributed by atoms with Gasteiger partial charge in [0.2, 0.25) is 0 Å². The van der Waals surface area contributed by atoms with Crippen molar-refractivity contribution in [2.75, 3.05) is 20.3 Å². The van der Waals surface area contributed by atoms with Gasteiger partial charge in [-0.15, -0.1) is 0 Å². The zero-order valence-electron chi connectivity index (χ0n) is 15.2. The first kappa shape index (κ1) is 17.7. The van der Waals surface area contributed by atoms with Crippen LogP contribution in [-0.2, 0) is 9.53 Å². The molecular formula is C21H22NO4+. The van der Waals surface area contributed by atoms with Gasteiger partial charge in [-0.1, -0.05) is 30.3 Å². The number of methoxy groups -OCH3 is 1. The Kier molecular flexibility index (Phi) is 5.07. The second-order valence-corrected chi connectivity index (χ2v) is 5.81. The average Bonchev–Trinajstić information content (AvgIpc) is 3.02. The Bertz CT molecular complexity index is 897. The summed E-state index contributed by atoms with van der Waals surface area (Å²) in [5.74, 6) is 0.201. The molecule has 2 aromatic carbocycles. The van der Waals surface area contributed by atoms with Gasteiger partial charge < -0.3 is 9.47 Å². The molecule has 0 amide bonds. The van der Waals surface area contributed by atoms with Crippen LogP contribution in [0.3, 0.4) is 0 Å². The number of hydrogen-bond donors (Lipinski definition) is 1. The second kappa shape index (κ2) is 7.44.